The van der Waals surface area contributed by atoms with Crippen LogP contribution in [0.5, 0.6) is 5.75 Å². The highest BCUT2D eigenvalue weighted by molar-refractivity contribution is 9.10. The van der Waals surface area contributed by atoms with E-state index in [1.165, 1.54) is 13.2 Å². The summed E-state index contributed by atoms with van der Waals surface area (Å²) in [7, 11) is 1.42. The molecule has 0 amide bonds. The Balaban J connectivity index is 2.23. The van der Waals surface area contributed by atoms with E-state index < -0.39 is 4.92 Å². The van der Waals surface area contributed by atoms with E-state index in [1.807, 2.05) is 31.2 Å². The summed E-state index contributed by atoms with van der Waals surface area (Å²) in [5, 5.41) is 14.3. The average molecular weight is 351 g/mol. The Morgan fingerprint density at radius 2 is 2.05 bits per heavy atom. The topological polar surface area (TPSA) is 64.4 Å². The lowest BCUT2D eigenvalue weighted by molar-refractivity contribution is -0.385. The smallest absolute Gasteiger partial charge is 0.312 e. The lowest BCUT2D eigenvalue weighted by Crippen LogP contribution is -2.07. The molecule has 1 unspecified atom stereocenters. The Kier molecular flexibility index (Phi) is 4.80. The molecule has 21 heavy (non-hydrogen) atoms. The van der Waals surface area contributed by atoms with Gasteiger partial charge < -0.3 is 10.1 Å². The summed E-state index contributed by atoms with van der Waals surface area (Å²) >= 11 is 3.43. The molecule has 6 heteroatoms. The maximum Gasteiger partial charge on any atom is 0.312 e. The number of hydrogen-bond acceptors (Lipinski definition) is 4. The molecule has 0 fully saturated rings. The number of nitrogens with one attached hydrogen (secondary N) is 1. The molecule has 0 aliphatic rings. The van der Waals surface area contributed by atoms with Gasteiger partial charge in [-0.15, -0.1) is 0 Å². The van der Waals surface area contributed by atoms with Crippen molar-refractivity contribution in [2.24, 2.45) is 0 Å². The second-order valence-corrected chi connectivity index (χ2v) is 5.48. The van der Waals surface area contributed by atoms with Gasteiger partial charge >= 0.3 is 5.69 Å². The van der Waals surface area contributed by atoms with Gasteiger partial charge in [-0.05, 0) is 36.8 Å². The Labute approximate surface area is 131 Å². The van der Waals surface area contributed by atoms with Crippen LogP contribution < -0.4 is 10.1 Å². The number of halogens is 1. The summed E-state index contributed by atoms with van der Waals surface area (Å²) in [6.07, 6.45) is 0. The number of hydrogen-bond donors (Lipinski definition) is 1. The van der Waals surface area contributed by atoms with E-state index in [4.69, 9.17) is 4.74 Å². The monoisotopic (exact) mass is 350 g/mol. The lowest BCUT2D eigenvalue weighted by atomic mass is 10.1. The van der Waals surface area contributed by atoms with Crippen LogP contribution in [0.3, 0.4) is 0 Å². The predicted octanol–water partition coefficient (Wildman–Crippen LogP) is 4.54. The van der Waals surface area contributed by atoms with Crippen LogP contribution >= 0.6 is 15.9 Å². The molecule has 2 aromatic rings. The summed E-state index contributed by atoms with van der Waals surface area (Å²) in [5.41, 5.74) is 1.71. The van der Waals surface area contributed by atoms with Crippen LogP contribution in [0.25, 0.3) is 0 Å². The summed E-state index contributed by atoms with van der Waals surface area (Å²) < 4.78 is 5.99. The van der Waals surface area contributed by atoms with Crippen LogP contribution in [0.2, 0.25) is 0 Å². The van der Waals surface area contributed by atoms with Crippen LogP contribution in [-0.2, 0) is 0 Å². The van der Waals surface area contributed by atoms with E-state index in [1.54, 1.807) is 12.1 Å². The molecule has 0 spiro atoms. The molecule has 0 heterocycles. The van der Waals surface area contributed by atoms with Crippen LogP contribution in [0.4, 0.5) is 11.4 Å². The largest absolute Gasteiger partial charge is 0.490 e. The molecule has 2 aromatic carbocycles. The Bertz CT molecular complexity index is 661. The zero-order chi connectivity index (χ0) is 15.4. The summed E-state index contributed by atoms with van der Waals surface area (Å²) in [5.74, 6) is 0.251. The first kappa shape index (κ1) is 15.3. The fourth-order valence-electron chi connectivity index (χ4n) is 2.03. The van der Waals surface area contributed by atoms with E-state index >= 15 is 0 Å². The Morgan fingerprint density at radius 1 is 1.29 bits per heavy atom. The van der Waals surface area contributed by atoms with Crippen LogP contribution in [0, 0.1) is 10.1 Å². The minimum Gasteiger partial charge on any atom is -0.490 e. The first-order valence-corrected chi connectivity index (χ1v) is 7.15. The van der Waals surface area contributed by atoms with E-state index in [2.05, 4.69) is 21.2 Å². The quantitative estimate of drug-likeness (QED) is 0.635. The zero-order valence-electron chi connectivity index (χ0n) is 11.7. The van der Waals surface area contributed by atoms with Crippen molar-refractivity contribution in [2.75, 3.05) is 12.4 Å². The molecular formula is C15H15BrN2O3. The van der Waals surface area contributed by atoms with Gasteiger partial charge in [0.15, 0.2) is 5.75 Å². The molecule has 0 aliphatic heterocycles. The summed E-state index contributed by atoms with van der Waals surface area (Å²) in [4.78, 5) is 10.6. The summed E-state index contributed by atoms with van der Waals surface area (Å²) in [6, 6.07) is 12.8. The molecule has 0 aliphatic carbocycles. The van der Waals surface area contributed by atoms with Gasteiger partial charge in [-0.3, -0.25) is 10.1 Å². The fourth-order valence-corrected chi connectivity index (χ4v) is 2.45. The minimum atomic E-state index is -0.451. The highest BCUT2D eigenvalue weighted by Crippen LogP contribution is 2.31. The maximum atomic E-state index is 11.0. The van der Waals surface area contributed by atoms with Crippen molar-refractivity contribution in [2.45, 2.75) is 13.0 Å². The molecule has 1 atom stereocenters. The molecule has 5 nitrogen and oxygen atoms in total. The third-order valence-electron chi connectivity index (χ3n) is 3.11. The highest BCUT2D eigenvalue weighted by Gasteiger charge is 2.16. The zero-order valence-corrected chi connectivity index (χ0v) is 13.3. The molecule has 110 valence electrons. The maximum absolute atomic E-state index is 11.0. The normalized spacial score (nSPS) is 11.8. The number of nitro benzene ring substituents is 1. The number of methoxy groups -OCH3 is 1. The Morgan fingerprint density at radius 3 is 2.67 bits per heavy atom. The molecule has 1 N–H and O–H groups in total. The molecule has 0 aromatic heterocycles. The molecule has 0 radical (unpaired) electrons. The van der Waals surface area contributed by atoms with Crippen molar-refractivity contribution in [1.29, 1.82) is 0 Å². The third kappa shape index (κ3) is 3.72. The SMILES string of the molecule is COc1ccc(NC(C)c2cccc(Br)c2)cc1[N+](=O)[O-]. The van der Waals surface area contributed by atoms with Crippen molar-refractivity contribution in [3.05, 3.63) is 62.6 Å². The van der Waals surface area contributed by atoms with Gasteiger partial charge in [0, 0.05) is 22.3 Å². The second kappa shape index (κ2) is 6.58. The number of rotatable bonds is 5. The van der Waals surface area contributed by atoms with Crippen molar-refractivity contribution in [3.8, 4) is 5.75 Å². The number of nitrogens with zero attached hydrogens (tertiary/aromatic N) is 1. The first-order chi connectivity index (χ1) is 10.0. The van der Waals surface area contributed by atoms with Crippen molar-refractivity contribution in [3.63, 3.8) is 0 Å². The van der Waals surface area contributed by atoms with E-state index in [0.29, 0.717) is 5.69 Å². The van der Waals surface area contributed by atoms with Gasteiger partial charge in [0.1, 0.15) is 0 Å². The molecule has 0 bridgehead atoms. The highest BCUT2D eigenvalue weighted by atomic mass is 79.9. The number of anilines is 1. The van der Waals surface area contributed by atoms with Crippen molar-refractivity contribution < 1.29 is 9.66 Å². The fraction of sp³-hybridized carbons (Fsp3) is 0.200. The summed E-state index contributed by atoms with van der Waals surface area (Å²) in [6.45, 7) is 2.00. The minimum absolute atomic E-state index is 0.0236. The van der Waals surface area contributed by atoms with Gasteiger partial charge in [0.05, 0.1) is 12.0 Å². The molecule has 0 saturated heterocycles. The van der Waals surface area contributed by atoms with Gasteiger partial charge in [0.25, 0.3) is 0 Å². The van der Waals surface area contributed by atoms with E-state index in [9.17, 15) is 10.1 Å². The van der Waals surface area contributed by atoms with Gasteiger partial charge in [-0.1, -0.05) is 28.1 Å². The molecule has 2 rings (SSSR count). The number of nitro groups is 1. The van der Waals surface area contributed by atoms with Gasteiger partial charge in [-0.25, -0.2) is 0 Å². The second-order valence-electron chi connectivity index (χ2n) is 4.56. The van der Waals surface area contributed by atoms with Gasteiger partial charge in [0.2, 0.25) is 0 Å². The van der Waals surface area contributed by atoms with Crippen LogP contribution in [-0.4, -0.2) is 12.0 Å². The molecular weight excluding hydrogens is 336 g/mol. The number of benzene rings is 2. The van der Waals surface area contributed by atoms with E-state index in [0.717, 1.165) is 10.0 Å². The van der Waals surface area contributed by atoms with Crippen molar-refractivity contribution in [1.82, 2.24) is 0 Å². The van der Waals surface area contributed by atoms with E-state index in [-0.39, 0.29) is 17.5 Å². The van der Waals surface area contributed by atoms with Crippen LogP contribution in [0.15, 0.2) is 46.9 Å². The lowest BCUT2D eigenvalue weighted by Gasteiger charge is -2.16. The predicted molar refractivity (Wildman–Crippen MR) is 85.8 cm³/mol. The average Bonchev–Trinajstić information content (AvgIpc) is 2.47. The standard InChI is InChI=1S/C15H15BrN2O3/c1-10(11-4-3-5-12(16)8-11)17-13-6-7-15(21-2)14(9-13)18(19)20/h3-10,17H,1-2H3. The number of ether oxygens (including phenoxy) is 1. The first-order valence-electron chi connectivity index (χ1n) is 6.35. The molecule has 0 saturated carbocycles. The van der Waals surface area contributed by atoms with Crippen molar-refractivity contribution >= 4 is 27.3 Å². The van der Waals surface area contributed by atoms with Gasteiger partial charge in [-0.2, -0.15) is 0 Å². The van der Waals surface area contributed by atoms with Crippen LogP contribution in [0.1, 0.15) is 18.5 Å². The third-order valence-corrected chi connectivity index (χ3v) is 3.60. The Hall–Kier alpha value is -2.08.